The van der Waals surface area contributed by atoms with E-state index >= 15 is 0 Å². The molecule has 9 aromatic rings. The Morgan fingerprint density at radius 1 is 0.435 bits per heavy atom. The van der Waals surface area contributed by atoms with Gasteiger partial charge in [-0.15, -0.1) is 35.8 Å². The molecule has 45 heteroatoms. The van der Waals surface area contributed by atoms with Gasteiger partial charge in [0.1, 0.15) is 69.2 Å². The van der Waals surface area contributed by atoms with E-state index in [1.807, 2.05) is 0 Å². The van der Waals surface area contributed by atoms with Crippen LogP contribution in [0.15, 0.2) is 197 Å². The highest BCUT2D eigenvalue weighted by molar-refractivity contribution is 7.87. The number of benzene rings is 8. The number of rotatable bonds is 18. The number of azo groups is 4. The summed E-state index contributed by atoms with van der Waals surface area (Å²) in [5, 5.41) is 75.4. The molecule has 38 nitrogen and oxygen atoms in total. The summed E-state index contributed by atoms with van der Waals surface area (Å²) in [5.41, 5.74) is -2.80. The van der Waals surface area contributed by atoms with Crippen LogP contribution in [-0.2, 0) is 70.8 Å². The van der Waals surface area contributed by atoms with Crippen LogP contribution in [-0.4, -0.2) is 121 Å². The number of nitro groups is 1. The van der Waals surface area contributed by atoms with Gasteiger partial charge in [0.05, 0.1) is 32.3 Å². The number of aromatic nitrogens is 2. The minimum Gasteiger partial charge on any atom is -0.505 e. The number of hydrogen-bond donors (Lipinski definition) is 11. The van der Waals surface area contributed by atoms with E-state index in [0.29, 0.717) is 48.0 Å². The molecule has 92 heavy (non-hydrogen) atoms. The Hall–Kier alpha value is -10.1. The number of anilines is 1. The Balaban J connectivity index is 1.13. The highest BCUT2D eigenvalue weighted by atomic mass is 32.2. The standard InChI is InChI=1S/C47H32N12O26S7/c48-39-32(20-33(87(68,69)70)28-19-37(91(80,81)82)42(45(61)38(28)39)55-50-30-14-9-24(59(63)64)17-35(30)89(74,75)76)53-52-31-15-12-26-27(46(31)92(83,84)85)18-36(90(77,78)79)41(44(26)60)54-49-22-6-13-29(34(16-22)88(71,72)73)51-56-43-40(21-4-2-1-3-5-21)57-58(47(43)62)23-7-10-25(11-8-23)86(65,66)67/h1-20,60-62H,48H2,(H,65,66,67)(H,68,69,70)(H,71,72,73)(H,74,75,76)(H,77,78,79)(H,80,81,82)(H,83,84,85)/b53-52-,54-49-,55-50-,56-51+. The van der Waals surface area contributed by atoms with Gasteiger partial charge in [0.25, 0.3) is 76.5 Å². The van der Waals surface area contributed by atoms with Crippen molar-refractivity contribution in [3.63, 3.8) is 0 Å². The maximum Gasteiger partial charge on any atom is 0.297 e. The number of non-ortho nitro benzene ring substituents is 1. The smallest absolute Gasteiger partial charge is 0.297 e. The van der Waals surface area contributed by atoms with Gasteiger partial charge in [-0.2, -0.15) is 73.8 Å². The van der Waals surface area contributed by atoms with Gasteiger partial charge in [0, 0.05) is 33.9 Å². The molecule has 0 atom stereocenters. The Kier molecular flexibility index (Phi) is 17.0. The molecule has 0 amide bonds. The van der Waals surface area contributed by atoms with Crippen LogP contribution in [0.1, 0.15) is 0 Å². The highest BCUT2D eigenvalue weighted by Crippen LogP contribution is 2.51. The number of hydrogen-bond acceptors (Lipinski definition) is 29. The number of phenolic OH excluding ortho intramolecular Hbond substituents is 2. The minimum atomic E-state index is -5.78. The summed E-state index contributed by atoms with van der Waals surface area (Å²) in [4.78, 5) is 1.40. The van der Waals surface area contributed by atoms with Crippen molar-refractivity contribution in [1.29, 1.82) is 0 Å². The van der Waals surface area contributed by atoms with Gasteiger partial charge in [-0.05, 0) is 78.9 Å². The molecule has 478 valence electrons. The molecule has 8 aromatic carbocycles. The zero-order valence-electron chi connectivity index (χ0n) is 44.4. The molecule has 0 bridgehead atoms. The molecule has 0 saturated carbocycles. The van der Waals surface area contributed by atoms with Crippen molar-refractivity contribution in [3.8, 4) is 34.3 Å². The molecule has 9 rings (SSSR count). The number of nitrogens with two attached hydrogens (primary N) is 1. The van der Waals surface area contributed by atoms with Gasteiger partial charge >= 0.3 is 0 Å². The van der Waals surface area contributed by atoms with Crippen molar-refractivity contribution in [1.82, 2.24) is 9.78 Å². The number of phenols is 2. The fourth-order valence-corrected chi connectivity index (χ4v) is 13.1. The predicted molar refractivity (Wildman–Crippen MR) is 311 cm³/mol. The van der Waals surface area contributed by atoms with Crippen LogP contribution in [0.25, 0.3) is 38.5 Å². The summed E-state index contributed by atoms with van der Waals surface area (Å²) < 4.78 is 248. The second kappa shape index (κ2) is 23.6. The van der Waals surface area contributed by atoms with Crippen molar-refractivity contribution in [2.45, 2.75) is 34.3 Å². The molecule has 12 N–H and O–H groups in total. The summed E-state index contributed by atoms with van der Waals surface area (Å²) in [6.07, 6.45) is 0. The van der Waals surface area contributed by atoms with Crippen molar-refractivity contribution in [2.24, 2.45) is 40.9 Å². The lowest BCUT2D eigenvalue weighted by atomic mass is 10.0. The zero-order valence-corrected chi connectivity index (χ0v) is 50.1. The molecule has 0 spiro atoms. The molecule has 0 aliphatic rings. The molecule has 0 fully saturated rings. The second-order valence-corrected chi connectivity index (χ2v) is 28.1. The first kappa shape index (κ1) is 66.3. The number of nitrogens with zero attached hydrogens (tertiary/aromatic N) is 11. The lowest BCUT2D eigenvalue weighted by Crippen LogP contribution is -2.04. The minimum absolute atomic E-state index is 0.0269. The molecule has 0 aliphatic carbocycles. The summed E-state index contributed by atoms with van der Waals surface area (Å²) in [7, 11) is -38.3. The van der Waals surface area contributed by atoms with E-state index in [1.165, 1.54) is 12.1 Å². The summed E-state index contributed by atoms with van der Waals surface area (Å²) in [6, 6.07) is 18.3. The van der Waals surface area contributed by atoms with Crippen molar-refractivity contribution >= 4 is 149 Å². The predicted octanol–water partition coefficient (Wildman–Crippen LogP) is 8.84. The second-order valence-electron chi connectivity index (χ2n) is 18.4. The van der Waals surface area contributed by atoms with Crippen LogP contribution in [0.5, 0.6) is 17.4 Å². The van der Waals surface area contributed by atoms with Gasteiger partial charge < -0.3 is 21.1 Å². The van der Waals surface area contributed by atoms with Crippen LogP contribution < -0.4 is 5.73 Å². The fourth-order valence-electron chi connectivity index (χ4n) is 8.53. The zero-order chi connectivity index (χ0) is 67.7. The molecule has 1 heterocycles. The first-order valence-electron chi connectivity index (χ1n) is 23.9. The SMILES string of the molecule is Nc1c(/N=N\c2ccc3c(O)c(/N=N\c4ccc(/N=N/c5c(-c6ccccc6)nn(-c6ccc(S(=O)(=O)O)cc6)c5O)c(S(=O)(=O)O)c4)c(S(=O)(=O)O)cc3c2S(=O)(=O)O)cc(S(=O)(=O)O)c2cc(S(=O)(=O)O)c(/N=N\c3ccc([N+](=O)[O-])cc3S(=O)(=O)O)c(O)c12. The molecule has 1 aromatic heterocycles. The highest BCUT2D eigenvalue weighted by Gasteiger charge is 2.32. The maximum atomic E-state index is 13.2. The van der Waals surface area contributed by atoms with E-state index < -0.39 is 206 Å². The van der Waals surface area contributed by atoms with Crippen LogP contribution in [0.3, 0.4) is 0 Å². The molecule has 0 radical (unpaired) electrons. The number of nitro benzene ring substituents is 1. The summed E-state index contributed by atoms with van der Waals surface area (Å²) in [5.74, 6) is -3.68. The van der Waals surface area contributed by atoms with Gasteiger partial charge in [-0.25, -0.2) is 0 Å². The lowest BCUT2D eigenvalue weighted by molar-refractivity contribution is -0.385. The Morgan fingerprint density at radius 2 is 0.924 bits per heavy atom. The van der Waals surface area contributed by atoms with E-state index in [9.17, 15) is 116 Å². The Labute approximate surface area is 513 Å². The average Bonchev–Trinajstić information content (AvgIpc) is 0.924. The topological polar surface area (TPSA) is 627 Å². The van der Waals surface area contributed by atoms with E-state index in [-0.39, 0.29) is 17.4 Å². The third-order valence-electron chi connectivity index (χ3n) is 12.5. The molecule has 0 aliphatic heterocycles. The van der Waals surface area contributed by atoms with E-state index in [1.54, 1.807) is 18.2 Å². The normalized spacial score (nSPS) is 13.2. The third-order valence-corrected chi connectivity index (χ3v) is 18.7. The van der Waals surface area contributed by atoms with E-state index in [4.69, 9.17) is 5.73 Å². The van der Waals surface area contributed by atoms with Gasteiger partial charge in [0.15, 0.2) is 17.2 Å². The van der Waals surface area contributed by atoms with Gasteiger partial charge in [-0.3, -0.25) is 42.0 Å². The first-order chi connectivity index (χ1) is 42.5. The van der Waals surface area contributed by atoms with Crippen LogP contribution in [0.2, 0.25) is 0 Å². The van der Waals surface area contributed by atoms with Crippen molar-refractivity contribution in [2.75, 3.05) is 5.73 Å². The molecular weight excluding hydrogens is 1370 g/mol. The average molecular weight is 1410 g/mol. The van der Waals surface area contributed by atoms with Crippen LogP contribution >= 0.6 is 0 Å². The van der Waals surface area contributed by atoms with E-state index in [2.05, 4.69) is 46.0 Å². The molecule has 0 saturated heterocycles. The maximum absolute atomic E-state index is 13.2. The van der Waals surface area contributed by atoms with Crippen LogP contribution in [0, 0.1) is 10.1 Å². The number of nitrogen functional groups attached to an aromatic ring is 1. The largest absolute Gasteiger partial charge is 0.505 e. The molecule has 0 unspecified atom stereocenters. The van der Waals surface area contributed by atoms with Crippen molar-refractivity contribution in [3.05, 3.63) is 131 Å². The van der Waals surface area contributed by atoms with Crippen LogP contribution in [0.4, 0.5) is 56.9 Å². The number of fused-ring (bicyclic) bond motifs is 2. The van der Waals surface area contributed by atoms with Gasteiger partial charge in [0.2, 0.25) is 5.88 Å². The monoisotopic (exact) mass is 1400 g/mol. The molecular formula is C47H32N12O26S7. The van der Waals surface area contributed by atoms with Crippen molar-refractivity contribution < 1.29 is 111 Å². The lowest BCUT2D eigenvalue weighted by Gasteiger charge is -2.15. The summed E-state index contributed by atoms with van der Waals surface area (Å²) in [6.45, 7) is 0. The Morgan fingerprint density at radius 3 is 1.47 bits per heavy atom. The number of aromatic hydroxyl groups is 3. The fraction of sp³-hybridized carbons (Fsp3) is 0. The van der Waals surface area contributed by atoms with E-state index in [0.717, 1.165) is 47.1 Å². The summed E-state index contributed by atoms with van der Waals surface area (Å²) >= 11 is 0. The third kappa shape index (κ3) is 13.4. The quantitative estimate of drug-likeness (QED) is 0.0126. The Bertz CT molecular complexity index is 5680. The van der Waals surface area contributed by atoms with Gasteiger partial charge in [-0.1, -0.05) is 30.3 Å². The first-order valence-corrected chi connectivity index (χ1v) is 34.0.